The van der Waals surface area contributed by atoms with Crippen LogP contribution in [-0.4, -0.2) is 17.5 Å². The van der Waals surface area contributed by atoms with E-state index in [0.29, 0.717) is 12.5 Å². The van der Waals surface area contributed by atoms with E-state index in [9.17, 15) is 4.79 Å². The average Bonchev–Trinajstić information content (AvgIpc) is 3.20. The van der Waals surface area contributed by atoms with Crippen LogP contribution in [0.3, 0.4) is 0 Å². The van der Waals surface area contributed by atoms with Gasteiger partial charge in [-0.05, 0) is 55.7 Å². The smallest absolute Gasteiger partial charge is 0.236 e. The fourth-order valence-electron chi connectivity index (χ4n) is 2.98. The molecule has 1 fully saturated rings. The van der Waals surface area contributed by atoms with Crippen LogP contribution in [0.5, 0.6) is 5.75 Å². The number of benzene rings is 2. The van der Waals surface area contributed by atoms with E-state index >= 15 is 0 Å². The molecule has 1 aromatic heterocycles. The van der Waals surface area contributed by atoms with Crippen LogP contribution in [0.4, 0.5) is 10.8 Å². The maximum atomic E-state index is 13.1. The van der Waals surface area contributed by atoms with Gasteiger partial charge in [0.2, 0.25) is 5.91 Å². The van der Waals surface area contributed by atoms with Crippen molar-refractivity contribution < 1.29 is 9.53 Å². The number of ether oxygens (including phenoxy) is 1. The van der Waals surface area contributed by atoms with E-state index in [1.165, 1.54) is 0 Å². The van der Waals surface area contributed by atoms with Gasteiger partial charge in [-0.2, -0.15) is 0 Å². The Balaban J connectivity index is 1.74. The van der Waals surface area contributed by atoms with Crippen molar-refractivity contribution in [2.45, 2.75) is 20.3 Å². The first kappa shape index (κ1) is 16.1. The van der Waals surface area contributed by atoms with Gasteiger partial charge in [0.05, 0.1) is 22.5 Å². The zero-order chi connectivity index (χ0) is 17.4. The number of para-hydroxylation sites is 1. The van der Waals surface area contributed by atoms with Gasteiger partial charge in [0.15, 0.2) is 5.13 Å². The predicted molar refractivity (Wildman–Crippen MR) is 102 cm³/mol. The summed E-state index contributed by atoms with van der Waals surface area (Å²) in [6, 6.07) is 15.7. The lowest BCUT2D eigenvalue weighted by Crippen LogP contribution is -2.27. The summed E-state index contributed by atoms with van der Waals surface area (Å²) in [6.07, 6.45) is 0.956. The van der Waals surface area contributed by atoms with Crippen LogP contribution < -0.4 is 9.64 Å². The molecule has 1 aliphatic rings. The highest BCUT2D eigenvalue weighted by atomic mass is 32.1. The highest BCUT2D eigenvalue weighted by Gasteiger charge is 2.43. The summed E-state index contributed by atoms with van der Waals surface area (Å²) in [5.74, 6) is 1.49. The minimum atomic E-state index is 0.0959. The van der Waals surface area contributed by atoms with Gasteiger partial charge in [0.25, 0.3) is 0 Å². The lowest BCUT2D eigenvalue weighted by atomic mass is 10.2. The molecule has 4 rings (SSSR count). The van der Waals surface area contributed by atoms with Gasteiger partial charge < -0.3 is 4.74 Å². The van der Waals surface area contributed by atoms with Crippen LogP contribution in [0.25, 0.3) is 10.2 Å². The van der Waals surface area contributed by atoms with Gasteiger partial charge in [-0.3, -0.25) is 9.69 Å². The topological polar surface area (TPSA) is 42.4 Å². The minimum absolute atomic E-state index is 0.0959. The first-order valence-electron chi connectivity index (χ1n) is 8.59. The van der Waals surface area contributed by atoms with Crippen molar-refractivity contribution in [2.75, 3.05) is 11.5 Å². The largest absolute Gasteiger partial charge is 0.494 e. The van der Waals surface area contributed by atoms with Crippen molar-refractivity contribution in [3.05, 3.63) is 48.5 Å². The number of aromatic nitrogens is 1. The maximum absolute atomic E-state index is 13.1. The average molecular weight is 352 g/mol. The van der Waals surface area contributed by atoms with Gasteiger partial charge in [0.1, 0.15) is 5.75 Å². The molecule has 4 nitrogen and oxygen atoms in total. The normalized spacial score (nSPS) is 19.0. The van der Waals surface area contributed by atoms with Crippen LogP contribution in [-0.2, 0) is 4.79 Å². The molecule has 0 saturated heterocycles. The van der Waals surface area contributed by atoms with Gasteiger partial charge in [-0.25, -0.2) is 4.98 Å². The summed E-state index contributed by atoms with van der Waals surface area (Å²) in [6.45, 7) is 4.70. The number of anilines is 2. The zero-order valence-electron chi connectivity index (χ0n) is 14.3. The van der Waals surface area contributed by atoms with Crippen molar-refractivity contribution in [3.63, 3.8) is 0 Å². The molecule has 3 aromatic rings. The second-order valence-corrected chi connectivity index (χ2v) is 7.39. The van der Waals surface area contributed by atoms with Crippen LogP contribution in [0.2, 0.25) is 0 Å². The molecule has 0 unspecified atom stereocenters. The van der Waals surface area contributed by atoms with Gasteiger partial charge in [-0.1, -0.05) is 30.4 Å². The zero-order valence-corrected chi connectivity index (χ0v) is 15.1. The van der Waals surface area contributed by atoms with Gasteiger partial charge in [0, 0.05) is 5.92 Å². The first-order chi connectivity index (χ1) is 12.2. The van der Waals surface area contributed by atoms with Crippen molar-refractivity contribution in [1.29, 1.82) is 0 Å². The van der Waals surface area contributed by atoms with E-state index in [4.69, 9.17) is 9.72 Å². The summed E-state index contributed by atoms with van der Waals surface area (Å²) in [5.41, 5.74) is 1.77. The standard InChI is InChI=1S/C20H20N2O2S/c1-3-24-15-10-8-14(9-11-15)22(19(23)16-12-13(16)2)20-21-17-6-4-5-7-18(17)25-20/h4-11,13,16H,3,12H2,1-2H3/t13-,16+/m1/s1. The Morgan fingerprint density at radius 3 is 2.60 bits per heavy atom. The van der Waals surface area contributed by atoms with Crippen molar-refractivity contribution in [2.24, 2.45) is 11.8 Å². The lowest BCUT2D eigenvalue weighted by molar-refractivity contribution is -0.119. The van der Waals surface area contributed by atoms with E-state index in [-0.39, 0.29) is 11.8 Å². The Morgan fingerprint density at radius 2 is 1.96 bits per heavy atom. The summed E-state index contributed by atoms with van der Waals surface area (Å²) in [7, 11) is 0. The summed E-state index contributed by atoms with van der Waals surface area (Å²) < 4.78 is 6.60. The monoisotopic (exact) mass is 352 g/mol. The Hall–Kier alpha value is -2.40. The van der Waals surface area contributed by atoms with Crippen LogP contribution >= 0.6 is 11.3 Å². The third-order valence-corrected chi connectivity index (χ3v) is 5.55. The van der Waals surface area contributed by atoms with Crippen LogP contribution in [0, 0.1) is 11.8 Å². The number of carbonyl (C=O) groups is 1. The van der Waals surface area contributed by atoms with Crippen molar-refractivity contribution in [1.82, 2.24) is 4.98 Å². The highest BCUT2D eigenvalue weighted by Crippen LogP contribution is 2.43. The molecule has 0 bridgehead atoms. The molecule has 1 heterocycles. The number of amides is 1. The molecule has 1 aliphatic carbocycles. The number of thiazole rings is 1. The lowest BCUT2D eigenvalue weighted by Gasteiger charge is -2.20. The number of rotatable bonds is 5. The Bertz CT molecular complexity index is 870. The Labute approximate surface area is 151 Å². The Morgan fingerprint density at radius 1 is 1.24 bits per heavy atom. The molecule has 0 N–H and O–H groups in total. The van der Waals surface area contributed by atoms with Gasteiger partial charge >= 0.3 is 0 Å². The molecule has 25 heavy (non-hydrogen) atoms. The predicted octanol–water partition coefficient (Wildman–Crippen LogP) is 5.02. The quantitative estimate of drug-likeness (QED) is 0.648. The summed E-state index contributed by atoms with van der Waals surface area (Å²) in [5, 5.41) is 0.731. The third kappa shape index (κ3) is 3.12. The number of fused-ring (bicyclic) bond motifs is 1. The minimum Gasteiger partial charge on any atom is -0.494 e. The van der Waals surface area contributed by atoms with Crippen LogP contribution in [0.15, 0.2) is 48.5 Å². The molecule has 2 atom stereocenters. The molecule has 2 aromatic carbocycles. The van der Waals surface area contributed by atoms with E-state index in [0.717, 1.165) is 33.2 Å². The molecule has 1 amide bonds. The van der Waals surface area contributed by atoms with Crippen LogP contribution in [0.1, 0.15) is 20.3 Å². The van der Waals surface area contributed by atoms with Crippen molar-refractivity contribution in [3.8, 4) is 5.75 Å². The maximum Gasteiger partial charge on any atom is 0.236 e. The molecule has 128 valence electrons. The van der Waals surface area contributed by atoms with Crippen molar-refractivity contribution >= 4 is 38.3 Å². The SMILES string of the molecule is CCOc1ccc(N(C(=O)[C@H]2C[C@H]2C)c2nc3ccccc3s2)cc1. The second-order valence-electron chi connectivity index (χ2n) is 6.38. The second kappa shape index (κ2) is 6.48. The van der Waals surface area contributed by atoms with E-state index in [1.807, 2.05) is 55.5 Å². The number of carbonyl (C=O) groups excluding carboxylic acids is 1. The first-order valence-corrected chi connectivity index (χ1v) is 9.41. The third-order valence-electron chi connectivity index (χ3n) is 4.53. The van der Waals surface area contributed by atoms with E-state index < -0.39 is 0 Å². The fraction of sp³-hybridized carbons (Fsp3) is 0.300. The molecule has 5 heteroatoms. The van der Waals surface area contributed by atoms with Gasteiger partial charge in [-0.15, -0.1) is 0 Å². The fourth-order valence-corrected chi connectivity index (χ4v) is 3.97. The summed E-state index contributed by atoms with van der Waals surface area (Å²) >= 11 is 1.55. The molecule has 0 radical (unpaired) electrons. The number of hydrogen-bond donors (Lipinski definition) is 0. The molecular formula is C20H20N2O2S. The molecular weight excluding hydrogens is 332 g/mol. The summed E-state index contributed by atoms with van der Waals surface area (Å²) in [4.78, 5) is 19.5. The molecule has 0 aliphatic heterocycles. The van der Waals surface area contributed by atoms with E-state index in [2.05, 4.69) is 6.92 Å². The molecule has 0 spiro atoms. The Kier molecular flexibility index (Phi) is 4.17. The van der Waals surface area contributed by atoms with E-state index in [1.54, 1.807) is 16.2 Å². The molecule has 1 saturated carbocycles. The highest BCUT2D eigenvalue weighted by molar-refractivity contribution is 7.22. The number of hydrogen-bond acceptors (Lipinski definition) is 4. The number of nitrogens with zero attached hydrogens (tertiary/aromatic N) is 2.